The Morgan fingerprint density at radius 1 is 1.42 bits per heavy atom. The Morgan fingerprint density at radius 3 is 2.74 bits per heavy atom. The smallest absolute Gasteiger partial charge is 0.123 e. The summed E-state index contributed by atoms with van der Waals surface area (Å²) in [5, 5.41) is 0. The number of nitrogens with zero attached hydrogens (tertiary/aromatic N) is 1. The molecule has 1 fully saturated rings. The predicted octanol–water partition coefficient (Wildman–Crippen LogP) is 2.64. The van der Waals surface area contributed by atoms with Crippen molar-refractivity contribution in [3.05, 3.63) is 29.8 Å². The van der Waals surface area contributed by atoms with E-state index in [1.807, 2.05) is 12.1 Å². The second-order valence-electron chi connectivity index (χ2n) is 5.94. The highest BCUT2D eigenvalue weighted by molar-refractivity contribution is 5.33. The maximum Gasteiger partial charge on any atom is 0.123 e. The van der Waals surface area contributed by atoms with Crippen LogP contribution in [0.15, 0.2) is 24.3 Å². The fourth-order valence-electron chi connectivity index (χ4n) is 3.31. The Hall–Kier alpha value is -1.06. The van der Waals surface area contributed by atoms with E-state index in [4.69, 9.17) is 10.5 Å². The lowest BCUT2D eigenvalue weighted by Crippen LogP contribution is -2.49. The molecule has 1 aliphatic carbocycles. The lowest BCUT2D eigenvalue weighted by atomic mass is 9.93. The minimum absolute atomic E-state index is 0.167. The molecule has 2 unspecified atom stereocenters. The third-order valence-corrected chi connectivity index (χ3v) is 4.62. The highest BCUT2D eigenvalue weighted by Gasteiger charge is 2.39. The van der Waals surface area contributed by atoms with Gasteiger partial charge in [0.15, 0.2) is 0 Å². The van der Waals surface area contributed by atoms with Crippen LogP contribution in [0.2, 0.25) is 0 Å². The van der Waals surface area contributed by atoms with Gasteiger partial charge in [-0.1, -0.05) is 25.1 Å². The lowest BCUT2D eigenvalue weighted by molar-refractivity contribution is 0.119. The van der Waals surface area contributed by atoms with Gasteiger partial charge in [-0.2, -0.15) is 0 Å². The summed E-state index contributed by atoms with van der Waals surface area (Å²) in [5.41, 5.74) is 7.49. The fourth-order valence-corrected chi connectivity index (χ4v) is 3.31. The molecule has 1 aromatic rings. The summed E-state index contributed by atoms with van der Waals surface area (Å²) >= 11 is 0. The molecule has 3 heteroatoms. The molecule has 1 aromatic carbocycles. The summed E-state index contributed by atoms with van der Waals surface area (Å²) in [4.78, 5) is 2.42. The van der Waals surface area contributed by atoms with E-state index in [1.54, 1.807) is 7.11 Å². The zero-order chi connectivity index (χ0) is 13.9. The Balaban J connectivity index is 2.13. The van der Waals surface area contributed by atoms with Crippen molar-refractivity contribution in [2.45, 2.75) is 38.3 Å². The van der Waals surface area contributed by atoms with Crippen LogP contribution in [-0.2, 0) is 6.54 Å². The first-order valence-electron chi connectivity index (χ1n) is 7.14. The van der Waals surface area contributed by atoms with Gasteiger partial charge in [-0.15, -0.1) is 0 Å². The Kier molecular flexibility index (Phi) is 4.48. The van der Waals surface area contributed by atoms with Crippen LogP contribution in [0.1, 0.15) is 31.7 Å². The second-order valence-corrected chi connectivity index (χ2v) is 5.94. The predicted molar refractivity (Wildman–Crippen MR) is 79.3 cm³/mol. The molecule has 19 heavy (non-hydrogen) atoms. The molecule has 1 saturated carbocycles. The molecule has 0 heterocycles. The van der Waals surface area contributed by atoms with E-state index in [2.05, 4.69) is 31.0 Å². The van der Waals surface area contributed by atoms with Crippen molar-refractivity contribution < 1.29 is 4.74 Å². The van der Waals surface area contributed by atoms with Crippen molar-refractivity contribution in [1.29, 1.82) is 0 Å². The van der Waals surface area contributed by atoms with Gasteiger partial charge in [0.25, 0.3) is 0 Å². The molecule has 2 rings (SSSR count). The largest absolute Gasteiger partial charge is 0.496 e. The molecule has 0 spiro atoms. The zero-order valence-electron chi connectivity index (χ0n) is 12.4. The summed E-state index contributed by atoms with van der Waals surface area (Å²) in [7, 11) is 3.92. The first-order chi connectivity index (χ1) is 9.11. The van der Waals surface area contributed by atoms with Crippen molar-refractivity contribution in [3.8, 4) is 5.75 Å². The zero-order valence-corrected chi connectivity index (χ0v) is 12.4. The van der Waals surface area contributed by atoms with E-state index in [9.17, 15) is 0 Å². The average Bonchev–Trinajstić information content (AvgIpc) is 2.82. The molecule has 106 valence electrons. The molecular formula is C16H26N2O. The third kappa shape index (κ3) is 2.93. The standard InChI is InChI=1S/C16H26N2O/c1-13-8-9-16(10-13,12-17)18(2)11-14-6-4-5-7-15(14)19-3/h4-7,13H,8-12,17H2,1-3H3. The molecule has 0 bridgehead atoms. The van der Waals surface area contributed by atoms with Crippen LogP contribution in [0.4, 0.5) is 0 Å². The number of hydrogen-bond acceptors (Lipinski definition) is 3. The van der Waals surface area contributed by atoms with Gasteiger partial charge in [-0.25, -0.2) is 0 Å². The first kappa shape index (κ1) is 14.4. The summed E-state index contributed by atoms with van der Waals surface area (Å²) in [6, 6.07) is 8.24. The highest BCUT2D eigenvalue weighted by atomic mass is 16.5. The maximum atomic E-state index is 6.08. The minimum atomic E-state index is 0.167. The third-order valence-electron chi connectivity index (χ3n) is 4.62. The van der Waals surface area contributed by atoms with Crippen LogP contribution < -0.4 is 10.5 Å². The van der Waals surface area contributed by atoms with Crippen molar-refractivity contribution in [3.63, 3.8) is 0 Å². The normalized spacial score (nSPS) is 26.9. The van der Waals surface area contributed by atoms with Gasteiger partial charge >= 0.3 is 0 Å². The monoisotopic (exact) mass is 262 g/mol. The number of nitrogens with two attached hydrogens (primary N) is 1. The van der Waals surface area contributed by atoms with Crippen molar-refractivity contribution in [2.75, 3.05) is 20.7 Å². The van der Waals surface area contributed by atoms with E-state index in [0.717, 1.165) is 24.8 Å². The quantitative estimate of drug-likeness (QED) is 0.886. The molecule has 0 radical (unpaired) electrons. The number of ether oxygens (including phenoxy) is 1. The molecule has 0 aliphatic heterocycles. The molecular weight excluding hydrogens is 236 g/mol. The van der Waals surface area contributed by atoms with Gasteiger partial charge in [0, 0.05) is 24.2 Å². The summed E-state index contributed by atoms with van der Waals surface area (Å²) in [6.45, 7) is 3.96. The van der Waals surface area contributed by atoms with E-state index in [-0.39, 0.29) is 5.54 Å². The van der Waals surface area contributed by atoms with Crippen LogP contribution in [0.25, 0.3) is 0 Å². The average molecular weight is 262 g/mol. The Bertz CT molecular complexity index is 421. The number of benzene rings is 1. The van der Waals surface area contributed by atoms with Crippen LogP contribution >= 0.6 is 0 Å². The van der Waals surface area contributed by atoms with Gasteiger partial charge in [0.2, 0.25) is 0 Å². The lowest BCUT2D eigenvalue weighted by Gasteiger charge is -2.38. The molecule has 0 saturated heterocycles. The van der Waals surface area contributed by atoms with E-state index in [0.29, 0.717) is 0 Å². The molecule has 2 atom stereocenters. The summed E-state index contributed by atoms with van der Waals surface area (Å²) in [6.07, 6.45) is 3.69. The SMILES string of the molecule is COc1ccccc1CN(C)C1(CN)CCC(C)C1. The van der Waals surface area contributed by atoms with Crippen LogP contribution in [0.3, 0.4) is 0 Å². The molecule has 0 amide bonds. The maximum absolute atomic E-state index is 6.08. The molecule has 1 aliphatic rings. The second kappa shape index (κ2) is 5.93. The summed E-state index contributed by atoms with van der Waals surface area (Å²) in [5.74, 6) is 1.75. The van der Waals surface area contributed by atoms with Crippen LogP contribution in [0.5, 0.6) is 5.75 Å². The molecule has 0 aromatic heterocycles. The van der Waals surface area contributed by atoms with Gasteiger partial charge in [0.1, 0.15) is 5.75 Å². The van der Waals surface area contributed by atoms with E-state index in [1.165, 1.54) is 24.8 Å². The van der Waals surface area contributed by atoms with Crippen molar-refractivity contribution in [1.82, 2.24) is 4.90 Å². The highest BCUT2D eigenvalue weighted by Crippen LogP contribution is 2.38. The van der Waals surface area contributed by atoms with Crippen molar-refractivity contribution in [2.24, 2.45) is 11.7 Å². The number of likely N-dealkylation sites (N-methyl/N-ethyl adjacent to an activating group) is 1. The van der Waals surface area contributed by atoms with Gasteiger partial charge in [0.05, 0.1) is 7.11 Å². The van der Waals surface area contributed by atoms with E-state index < -0.39 is 0 Å². The number of methoxy groups -OCH3 is 1. The van der Waals surface area contributed by atoms with Crippen LogP contribution in [0, 0.1) is 5.92 Å². The molecule has 3 nitrogen and oxygen atoms in total. The molecule has 2 N–H and O–H groups in total. The van der Waals surface area contributed by atoms with Gasteiger partial charge in [-0.3, -0.25) is 4.90 Å². The van der Waals surface area contributed by atoms with Gasteiger partial charge in [-0.05, 0) is 38.3 Å². The minimum Gasteiger partial charge on any atom is -0.496 e. The number of hydrogen-bond donors (Lipinski definition) is 1. The number of rotatable bonds is 5. The fraction of sp³-hybridized carbons (Fsp3) is 0.625. The first-order valence-corrected chi connectivity index (χ1v) is 7.14. The van der Waals surface area contributed by atoms with Crippen molar-refractivity contribution >= 4 is 0 Å². The van der Waals surface area contributed by atoms with E-state index >= 15 is 0 Å². The Labute approximate surface area is 116 Å². The summed E-state index contributed by atoms with van der Waals surface area (Å²) < 4.78 is 5.44. The number of para-hydroxylation sites is 1. The van der Waals surface area contributed by atoms with Crippen LogP contribution in [-0.4, -0.2) is 31.1 Å². The topological polar surface area (TPSA) is 38.5 Å². The van der Waals surface area contributed by atoms with Gasteiger partial charge < -0.3 is 10.5 Å². The Morgan fingerprint density at radius 2 is 2.16 bits per heavy atom.